The van der Waals surface area contributed by atoms with Crippen LogP contribution in [0, 0.1) is 0 Å². The van der Waals surface area contributed by atoms with Crippen molar-refractivity contribution in [3.05, 3.63) is 64.7 Å². The van der Waals surface area contributed by atoms with Crippen LogP contribution < -0.4 is 15.4 Å². The molecule has 2 N–H and O–H groups in total. The van der Waals surface area contributed by atoms with E-state index in [2.05, 4.69) is 10.6 Å². The van der Waals surface area contributed by atoms with Crippen molar-refractivity contribution in [1.29, 1.82) is 0 Å². The number of nitrogens with one attached hydrogen (secondary N) is 2. The van der Waals surface area contributed by atoms with Gasteiger partial charge in [-0.1, -0.05) is 35.9 Å². The van der Waals surface area contributed by atoms with Gasteiger partial charge < -0.3 is 15.4 Å². The Labute approximate surface area is 158 Å². The number of benzene rings is 2. The van der Waals surface area contributed by atoms with Gasteiger partial charge in [-0.25, -0.2) is 0 Å². The van der Waals surface area contributed by atoms with Crippen LogP contribution in [0.2, 0.25) is 5.02 Å². The second-order valence-electron chi connectivity index (χ2n) is 5.92. The molecule has 0 radical (unpaired) electrons. The molecule has 138 valence electrons. The Balaban J connectivity index is 1.73. The highest BCUT2D eigenvalue weighted by Crippen LogP contribution is 2.15. The molecule has 1 unspecified atom stereocenters. The predicted octanol–water partition coefficient (Wildman–Crippen LogP) is 3.22. The Morgan fingerprint density at radius 3 is 2.46 bits per heavy atom. The lowest BCUT2D eigenvalue weighted by molar-refractivity contribution is -0.122. The van der Waals surface area contributed by atoms with E-state index in [4.69, 9.17) is 16.3 Å². The number of carbonyl (C=O) groups excluding carboxylic acids is 2. The molecule has 0 aliphatic rings. The molecule has 0 aliphatic heterocycles. The molecule has 0 bridgehead atoms. The first-order chi connectivity index (χ1) is 12.5. The highest BCUT2D eigenvalue weighted by molar-refractivity contribution is 6.33. The fourth-order valence-electron chi connectivity index (χ4n) is 2.43. The fourth-order valence-corrected chi connectivity index (χ4v) is 2.66. The third kappa shape index (κ3) is 5.77. The smallest absolute Gasteiger partial charge is 0.253 e. The Hall–Kier alpha value is -2.53. The Morgan fingerprint density at radius 2 is 1.81 bits per heavy atom. The zero-order chi connectivity index (χ0) is 18.9. The lowest BCUT2D eigenvalue weighted by atomic mass is 10.1. The maximum absolute atomic E-state index is 12.2. The molecular formula is C20H23ClN2O3. The van der Waals surface area contributed by atoms with Gasteiger partial charge in [0.2, 0.25) is 5.91 Å². The number of carbonyl (C=O) groups is 2. The molecule has 26 heavy (non-hydrogen) atoms. The highest BCUT2D eigenvalue weighted by Gasteiger charge is 2.17. The van der Waals surface area contributed by atoms with Gasteiger partial charge >= 0.3 is 0 Å². The van der Waals surface area contributed by atoms with Gasteiger partial charge in [0.05, 0.1) is 17.7 Å². The molecule has 2 rings (SSSR count). The van der Waals surface area contributed by atoms with Gasteiger partial charge in [0.15, 0.2) is 0 Å². The van der Waals surface area contributed by atoms with Gasteiger partial charge in [-0.3, -0.25) is 9.59 Å². The number of methoxy groups -OCH3 is 1. The molecule has 1 atom stereocenters. The Bertz CT molecular complexity index is 747. The van der Waals surface area contributed by atoms with Crippen molar-refractivity contribution < 1.29 is 14.3 Å². The summed E-state index contributed by atoms with van der Waals surface area (Å²) in [7, 11) is 1.64. The zero-order valence-corrected chi connectivity index (χ0v) is 15.7. The van der Waals surface area contributed by atoms with Crippen LogP contribution in [0.1, 0.15) is 29.3 Å². The number of halogens is 1. The quantitative estimate of drug-likeness (QED) is 0.697. The standard InChI is InChI=1S/C20H23ClN2O3/c1-14(23-20(25)17-7-3-4-8-18(17)21)19(24)22-13-5-6-15-9-11-16(26-2)12-10-15/h3-4,7-12,14H,5-6,13H2,1-2H3,(H,22,24)(H,23,25). The minimum atomic E-state index is -0.639. The average molecular weight is 375 g/mol. The number of amides is 2. The van der Waals surface area contributed by atoms with Crippen LogP contribution in [-0.4, -0.2) is 31.5 Å². The molecule has 2 aromatic carbocycles. The minimum Gasteiger partial charge on any atom is -0.497 e. The topological polar surface area (TPSA) is 67.4 Å². The molecule has 5 nitrogen and oxygen atoms in total. The van der Waals surface area contributed by atoms with Crippen molar-refractivity contribution >= 4 is 23.4 Å². The summed E-state index contributed by atoms with van der Waals surface area (Å²) in [5.74, 6) is 0.238. The maximum Gasteiger partial charge on any atom is 0.253 e. The van der Waals surface area contributed by atoms with E-state index in [0.29, 0.717) is 17.1 Å². The van der Waals surface area contributed by atoms with Crippen LogP contribution in [0.4, 0.5) is 0 Å². The van der Waals surface area contributed by atoms with E-state index in [0.717, 1.165) is 18.6 Å². The first-order valence-corrected chi connectivity index (χ1v) is 8.85. The Morgan fingerprint density at radius 1 is 1.12 bits per heavy atom. The van der Waals surface area contributed by atoms with Crippen LogP contribution >= 0.6 is 11.6 Å². The van der Waals surface area contributed by atoms with Gasteiger partial charge in [-0.05, 0) is 49.6 Å². The largest absolute Gasteiger partial charge is 0.497 e. The van der Waals surface area contributed by atoms with Gasteiger partial charge in [0, 0.05) is 6.54 Å². The number of ether oxygens (including phenoxy) is 1. The molecule has 0 saturated carbocycles. The van der Waals surface area contributed by atoms with Crippen LogP contribution in [0.25, 0.3) is 0 Å². The third-order valence-corrected chi connectivity index (χ3v) is 4.29. The van der Waals surface area contributed by atoms with Crippen LogP contribution in [0.5, 0.6) is 5.75 Å². The van der Waals surface area contributed by atoms with Crippen molar-refractivity contribution in [2.45, 2.75) is 25.8 Å². The summed E-state index contributed by atoms with van der Waals surface area (Å²) in [6.45, 7) is 2.19. The predicted molar refractivity (Wildman–Crippen MR) is 103 cm³/mol. The van der Waals surface area contributed by atoms with E-state index in [1.807, 2.05) is 24.3 Å². The summed E-state index contributed by atoms with van der Waals surface area (Å²) >= 11 is 5.99. The van der Waals surface area contributed by atoms with Gasteiger partial charge in [-0.15, -0.1) is 0 Å². The van der Waals surface area contributed by atoms with Crippen molar-refractivity contribution in [2.75, 3.05) is 13.7 Å². The maximum atomic E-state index is 12.2. The van der Waals surface area contributed by atoms with Crippen molar-refractivity contribution in [3.8, 4) is 5.75 Å². The van der Waals surface area contributed by atoms with Gasteiger partial charge in [-0.2, -0.15) is 0 Å². The van der Waals surface area contributed by atoms with Gasteiger partial charge in [0.1, 0.15) is 11.8 Å². The molecule has 0 heterocycles. The monoisotopic (exact) mass is 374 g/mol. The average Bonchev–Trinajstić information content (AvgIpc) is 2.65. The lowest BCUT2D eigenvalue weighted by Gasteiger charge is -2.14. The van der Waals surface area contributed by atoms with Crippen molar-refractivity contribution in [1.82, 2.24) is 10.6 Å². The van der Waals surface area contributed by atoms with Crippen LogP contribution in [0.3, 0.4) is 0 Å². The molecule has 0 spiro atoms. The molecule has 0 saturated heterocycles. The van der Waals surface area contributed by atoms with E-state index in [1.165, 1.54) is 5.56 Å². The molecule has 0 aromatic heterocycles. The van der Waals surface area contributed by atoms with E-state index in [9.17, 15) is 9.59 Å². The van der Waals surface area contributed by atoms with Crippen LogP contribution in [-0.2, 0) is 11.2 Å². The molecule has 0 fully saturated rings. The molecule has 2 amide bonds. The van der Waals surface area contributed by atoms with E-state index in [1.54, 1.807) is 38.3 Å². The van der Waals surface area contributed by atoms with Crippen molar-refractivity contribution in [2.24, 2.45) is 0 Å². The van der Waals surface area contributed by atoms with Gasteiger partial charge in [0.25, 0.3) is 5.91 Å². The summed E-state index contributed by atoms with van der Waals surface area (Å²) in [5.41, 5.74) is 1.54. The summed E-state index contributed by atoms with van der Waals surface area (Å²) < 4.78 is 5.12. The molecule has 2 aromatic rings. The molecule has 0 aliphatic carbocycles. The highest BCUT2D eigenvalue weighted by atomic mass is 35.5. The molecule has 6 heteroatoms. The number of hydrogen-bond donors (Lipinski definition) is 2. The second-order valence-corrected chi connectivity index (χ2v) is 6.32. The molecular weight excluding hydrogens is 352 g/mol. The van der Waals surface area contributed by atoms with E-state index >= 15 is 0 Å². The first kappa shape index (κ1) is 19.8. The van der Waals surface area contributed by atoms with Crippen LogP contribution in [0.15, 0.2) is 48.5 Å². The Kier molecular flexibility index (Phi) is 7.48. The summed E-state index contributed by atoms with van der Waals surface area (Å²) in [4.78, 5) is 24.3. The summed E-state index contributed by atoms with van der Waals surface area (Å²) in [6.07, 6.45) is 1.66. The second kappa shape index (κ2) is 9.82. The first-order valence-electron chi connectivity index (χ1n) is 8.47. The third-order valence-electron chi connectivity index (χ3n) is 3.96. The summed E-state index contributed by atoms with van der Waals surface area (Å²) in [5, 5.41) is 5.85. The number of aryl methyl sites for hydroxylation is 1. The van der Waals surface area contributed by atoms with E-state index in [-0.39, 0.29) is 11.8 Å². The summed E-state index contributed by atoms with van der Waals surface area (Å²) in [6, 6.07) is 13.9. The lowest BCUT2D eigenvalue weighted by Crippen LogP contribution is -2.45. The van der Waals surface area contributed by atoms with Crippen molar-refractivity contribution in [3.63, 3.8) is 0 Å². The normalized spacial score (nSPS) is 11.5. The number of hydrogen-bond acceptors (Lipinski definition) is 3. The minimum absolute atomic E-state index is 0.222. The fraction of sp³-hybridized carbons (Fsp3) is 0.300. The van der Waals surface area contributed by atoms with E-state index < -0.39 is 6.04 Å². The number of rotatable bonds is 8. The zero-order valence-electron chi connectivity index (χ0n) is 14.9. The SMILES string of the molecule is COc1ccc(CCCNC(=O)C(C)NC(=O)c2ccccc2Cl)cc1.